The molecule has 0 bridgehead atoms. The molecular formula is C30H36N8. The first-order chi connectivity index (χ1) is 17.9. The van der Waals surface area contributed by atoms with Crippen molar-refractivity contribution in [2.24, 2.45) is 16.5 Å². The SMILES string of the molecule is C=C(C#N)C(=C)C#N.C=C(C(C#N)=Nc1c(C)c(C)c2nc(C#N)c(CN)cc2c1C(C)C)C(C)N.CC. The zero-order valence-corrected chi connectivity index (χ0v) is 23.4. The summed E-state index contributed by atoms with van der Waals surface area (Å²) >= 11 is 0. The highest BCUT2D eigenvalue weighted by Crippen LogP contribution is 2.40. The van der Waals surface area contributed by atoms with Crippen molar-refractivity contribution >= 4 is 22.3 Å². The van der Waals surface area contributed by atoms with Gasteiger partial charge in [-0.15, -0.1) is 0 Å². The molecule has 0 aliphatic heterocycles. The van der Waals surface area contributed by atoms with Crippen molar-refractivity contribution in [2.45, 2.75) is 67.0 Å². The van der Waals surface area contributed by atoms with Gasteiger partial charge in [-0.2, -0.15) is 21.0 Å². The quantitative estimate of drug-likeness (QED) is 0.274. The first kappa shape index (κ1) is 33.4. The molecule has 1 atom stereocenters. The van der Waals surface area contributed by atoms with E-state index in [1.807, 2.05) is 33.8 Å². The van der Waals surface area contributed by atoms with Crippen molar-refractivity contribution in [1.29, 1.82) is 21.0 Å². The van der Waals surface area contributed by atoms with Crippen LogP contribution in [0, 0.1) is 59.2 Å². The molecule has 0 saturated heterocycles. The average molecular weight is 509 g/mol. The lowest BCUT2D eigenvalue weighted by Gasteiger charge is -2.20. The summed E-state index contributed by atoms with van der Waals surface area (Å²) < 4.78 is 0. The summed E-state index contributed by atoms with van der Waals surface area (Å²) in [5.74, 6) is 0.115. The molecule has 196 valence electrons. The molecule has 0 spiro atoms. The van der Waals surface area contributed by atoms with Crippen LogP contribution in [0.1, 0.15) is 68.5 Å². The van der Waals surface area contributed by atoms with Crippen LogP contribution in [0.25, 0.3) is 10.9 Å². The van der Waals surface area contributed by atoms with E-state index in [0.717, 1.165) is 33.3 Å². The van der Waals surface area contributed by atoms with Crippen molar-refractivity contribution in [1.82, 2.24) is 4.98 Å². The van der Waals surface area contributed by atoms with Crippen molar-refractivity contribution < 1.29 is 0 Å². The normalized spacial score (nSPS) is 10.8. The first-order valence-corrected chi connectivity index (χ1v) is 12.1. The van der Waals surface area contributed by atoms with Gasteiger partial charge in [-0.3, -0.25) is 0 Å². The third-order valence-corrected chi connectivity index (χ3v) is 5.64. The molecule has 4 N–H and O–H groups in total. The third kappa shape index (κ3) is 7.70. The molecule has 2 rings (SSSR count). The Bertz CT molecular complexity index is 1400. The monoisotopic (exact) mass is 508 g/mol. The fourth-order valence-corrected chi connectivity index (χ4v) is 3.34. The summed E-state index contributed by atoms with van der Waals surface area (Å²) in [4.78, 5) is 9.26. The van der Waals surface area contributed by atoms with Crippen molar-refractivity contribution in [3.05, 3.63) is 70.5 Å². The predicted octanol–water partition coefficient (Wildman–Crippen LogP) is 5.98. The molecule has 1 aromatic heterocycles. The zero-order valence-electron chi connectivity index (χ0n) is 23.4. The molecule has 1 aromatic carbocycles. The average Bonchev–Trinajstić information content (AvgIpc) is 2.93. The van der Waals surface area contributed by atoms with Gasteiger partial charge in [-0.25, -0.2) is 9.98 Å². The molecule has 38 heavy (non-hydrogen) atoms. The van der Waals surface area contributed by atoms with Crippen LogP contribution in [0.5, 0.6) is 0 Å². The maximum absolute atomic E-state index is 9.60. The number of fused-ring (bicyclic) bond motifs is 1. The Morgan fingerprint density at radius 3 is 1.87 bits per heavy atom. The van der Waals surface area contributed by atoms with E-state index in [4.69, 9.17) is 22.0 Å². The maximum atomic E-state index is 9.60. The van der Waals surface area contributed by atoms with Gasteiger partial charge in [0.15, 0.2) is 0 Å². The number of aryl methyl sites for hydroxylation is 1. The van der Waals surface area contributed by atoms with E-state index in [2.05, 4.69) is 55.7 Å². The number of benzene rings is 1. The Morgan fingerprint density at radius 2 is 1.50 bits per heavy atom. The fourth-order valence-electron chi connectivity index (χ4n) is 3.34. The van der Waals surface area contributed by atoms with Gasteiger partial charge in [-0.1, -0.05) is 47.4 Å². The van der Waals surface area contributed by atoms with Crippen LogP contribution < -0.4 is 11.5 Å². The zero-order chi connectivity index (χ0) is 29.7. The number of hydrogen-bond donors (Lipinski definition) is 2. The smallest absolute Gasteiger partial charge is 0.145 e. The molecule has 1 unspecified atom stereocenters. The number of aromatic nitrogens is 1. The highest BCUT2D eigenvalue weighted by Gasteiger charge is 2.21. The van der Waals surface area contributed by atoms with Gasteiger partial charge in [0.25, 0.3) is 0 Å². The lowest BCUT2D eigenvalue weighted by Crippen LogP contribution is -2.22. The van der Waals surface area contributed by atoms with Crippen molar-refractivity contribution in [3.8, 4) is 24.3 Å². The Balaban J connectivity index is 0.00000117. The molecular weight excluding hydrogens is 472 g/mol. The van der Waals surface area contributed by atoms with E-state index in [1.165, 1.54) is 0 Å². The molecule has 2 aromatic rings. The van der Waals surface area contributed by atoms with Crippen molar-refractivity contribution in [2.75, 3.05) is 0 Å². The summed E-state index contributed by atoms with van der Waals surface area (Å²) in [6.07, 6.45) is 0. The second-order valence-electron chi connectivity index (χ2n) is 8.44. The van der Waals surface area contributed by atoms with Gasteiger partial charge in [0.05, 0.1) is 34.5 Å². The Kier molecular flexibility index (Phi) is 13.6. The molecule has 0 fully saturated rings. The van der Waals surface area contributed by atoms with E-state index in [0.29, 0.717) is 16.8 Å². The highest BCUT2D eigenvalue weighted by molar-refractivity contribution is 6.13. The molecule has 0 saturated carbocycles. The lowest BCUT2D eigenvalue weighted by molar-refractivity contribution is 0.872. The number of nitrogens with two attached hydrogens (primary N) is 2. The number of nitriles is 4. The topological polar surface area (TPSA) is 172 Å². The largest absolute Gasteiger partial charge is 0.326 e. The summed E-state index contributed by atoms with van der Waals surface area (Å²) in [5, 5.41) is 36.1. The van der Waals surface area contributed by atoms with Crippen LogP contribution in [0.4, 0.5) is 5.69 Å². The van der Waals surface area contributed by atoms with Gasteiger partial charge >= 0.3 is 0 Å². The molecule has 1 heterocycles. The van der Waals surface area contributed by atoms with Crippen molar-refractivity contribution in [3.63, 3.8) is 0 Å². The first-order valence-electron chi connectivity index (χ1n) is 12.1. The van der Waals surface area contributed by atoms with Gasteiger partial charge in [-0.05, 0) is 55.0 Å². The summed E-state index contributed by atoms with van der Waals surface area (Å²) in [5.41, 5.74) is 18.0. The summed E-state index contributed by atoms with van der Waals surface area (Å²) in [7, 11) is 0. The van der Waals surface area contributed by atoms with E-state index in [9.17, 15) is 10.5 Å². The van der Waals surface area contributed by atoms with Gasteiger partial charge in [0.2, 0.25) is 0 Å². The summed E-state index contributed by atoms with van der Waals surface area (Å²) in [6.45, 7) is 24.5. The second kappa shape index (κ2) is 15.5. The molecule has 8 nitrogen and oxygen atoms in total. The number of aliphatic imine (C=N–C) groups is 1. The third-order valence-electron chi connectivity index (χ3n) is 5.64. The van der Waals surface area contributed by atoms with Crippen LogP contribution in [-0.4, -0.2) is 16.7 Å². The minimum Gasteiger partial charge on any atom is -0.326 e. The molecule has 0 aliphatic rings. The number of pyridine rings is 1. The number of nitrogens with zero attached hydrogens (tertiary/aromatic N) is 6. The van der Waals surface area contributed by atoms with E-state index in [-0.39, 0.29) is 35.4 Å². The van der Waals surface area contributed by atoms with Crippen LogP contribution in [0.2, 0.25) is 0 Å². The molecule has 0 amide bonds. The fraction of sp³-hybridized carbons (Fsp3) is 0.333. The summed E-state index contributed by atoms with van der Waals surface area (Å²) in [6, 6.07) is 9.21. The minimum absolute atomic E-state index is 0.115. The van der Waals surface area contributed by atoms with E-state index >= 15 is 0 Å². The predicted molar refractivity (Wildman–Crippen MR) is 154 cm³/mol. The number of hydrogen-bond acceptors (Lipinski definition) is 8. The molecule has 8 heteroatoms. The Labute approximate surface area is 226 Å². The van der Waals surface area contributed by atoms with Crippen LogP contribution in [0.3, 0.4) is 0 Å². The number of rotatable bonds is 6. The Hall–Kier alpha value is -4.60. The minimum atomic E-state index is -0.369. The van der Waals surface area contributed by atoms with E-state index < -0.39 is 0 Å². The van der Waals surface area contributed by atoms with Crippen LogP contribution >= 0.6 is 0 Å². The lowest BCUT2D eigenvalue weighted by atomic mass is 9.89. The Morgan fingerprint density at radius 1 is 0.974 bits per heavy atom. The van der Waals surface area contributed by atoms with Gasteiger partial charge < -0.3 is 11.5 Å². The van der Waals surface area contributed by atoms with Crippen LogP contribution in [-0.2, 0) is 6.54 Å². The number of allylic oxidation sites excluding steroid dienone is 2. The van der Waals surface area contributed by atoms with Gasteiger partial charge in [0, 0.05) is 23.5 Å². The second-order valence-corrected chi connectivity index (χ2v) is 8.44. The van der Waals surface area contributed by atoms with Gasteiger partial charge in [0.1, 0.15) is 23.5 Å². The molecule has 0 radical (unpaired) electrons. The maximum Gasteiger partial charge on any atom is 0.145 e. The highest BCUT2D eigenvalue weighted by atomic mass is 14.8. The standard InChI is InChI=1S/C22H26N6.C6H4N2.C2H6/c1-11(2)20-17-7-16(8-23)19(10-25)28-21(17)12(3)13(4)22(20)27-18(9-24)14(5)15(6)26;1-5(3-7)6(2)4-8;1-2/h7,11,15H,5,8,23,26H2,1-4,6H3;1-2H2;1-2H3. The van der Waals surface area contributed by atoms with Crippen LogP contribution in [0.15, 0.2) is 47.5 Å². The molecule has 0 aliphatic carbocycles. The van der Waals surface area contributed by atoms with E-state index in [1.54, 1.807) is 19.1 Å².